The van der Waals surface area contributed by atoms with Crippen molar-refractivity contribution in [1.29, 1.82) is 0 Å². The molecule has 0 unspecified atom stereocenters. The van der Waals surface area contributed by atoms with Gasteiger partial charge in [0, 0.05) is 13.1 Å². The van der Waals surface area contributed by atoms with E-state index in [-0.39, 0.29) is 4.90 Å². The Morgan fingerprint density at radius 1 is 1.45 bits per heavy atom. The minimum Gasteiger partial charge on any atom is -0.495 e. The first-order chi connectivity index (χ1) is 9.48. The Kier molecular flexibility index (Phi) is 4.67. The zero-order valence-corrected chi connectivity index (χ0v) is 13.0. The van der Waals surface area contributed by atoms with Gasteiger partial charge in [0.1, 0.15) is 10.6 Å². The minimum atomic E-state index is -3.47. The van der Waals surface area contributed by atoms with Gasteiger partial charge in [-0.2, -0.15) is 4.31 Å². The Morgan fingerprint density at radius 2 is 2.20 bits per heavy atom. The Bertz CT molecular complexity index is 572. The summed E-state index contributed by atoms with van der Waals surface area (Å²) in [6, 6.07) is 5.24. The number of methoxy groups -OCH3 is 1. The maximum absolute atomic E-state index is 12.7. The molecule has 0 saturated carbocycles. The second-order valence-corrected chi connectivity index (χ2v) is 7.14. The first-order valence-corrected chi connectivity index (χ1v) is 8.22. The monoisotopic (exact) mass is 298 g/mol. The summed E-state index contributed by atoms with van der Waals surface area (Å²) in [6.45, 7) is 3.87. The molecule has 0 radical (unpaired) electrons. The third-order valence-electron chi connectivity index (χ3n) is 3.68. The van der Waals surface area contributed by atoms with Crippen LogP contribution in [0.15, 0.2) is 23.1 Å². The molecule has 1 saturated heterocycles. The standard InChI is InChI=1S/C14H22N2O3S/c1-11-4-5-13(19-3)14(8-11)20(17,18)16-7-6-12(10-16)9-15-2/h4-5,8,12,15H,6-7,9-10H2,1-3H3/t12-/m1/s1. The summed E-state index contributed by atoms with van der Waals surface area (Å²) in [5.41, 5.74) is 0.912. The second kappa shape index (κ2) is 6.11. The number of hydrogen-bond donors (Lipinski definition) is 1. The van der Waals surface area contributed by atoms with Gasteiger partial charge in [-0.25, -0.2) is 8.42 Å². The number of benzene rings is 1. The highest BCUT2D eigenvalue weighted by Gasteiger charge is 2.33. The highest BCUT2D eigenvalue weighted by atomic mass is 32.2. The highest BCUT2D eigenvalue weighted by molar-refractivity contribution is 7.89. The summed E-state index contributed by atoms with van der Waals surface area (Å²) >= 11 is 0. The zero-order valence-electron chi connectivity index (χ0n) is 12.2. The molecule has 112 valence electrons. The number of aryl methyl sites for hydroxylation is 1. The largest absolute Gasteiger partial charge is 0.495 e. The van der Waals surface area contributed by atoms with Crippen molar-refractivity contribution < 1.29 is 13.2 Å². The molecule has 1 aromatic rings. The van der Waals surface area contributed by atoms with Crippen LogP contribution in [0.5, 0.6) is 5.75 Å². The third kappa shape index (κ3) is 2.97. The molecule has 0 aliphatic carbocycles. The molecule has 1 aliphatic heterocycles. The maximum Gasteiger partial charge on any atom is 0.246 e. The lowest BCUT2D eigenvalue weighted by atomic mass is 10.1. The van der Waals surface area contributed by atoms with E-state index in [1.54, 1.807) is 16.4 Å². The smallest absolute Gasteiger partial charge is 0.246 e. The molecule has 0 spiro atoms. The fourth-order valence-electron chi connectivity index (χ4n) is 2.60. The van der Waals surface area contributed by atoms with Crippen molar-refractivity contribution in [1.82, 2.24) is 9.62 Å². The Morgan fingerprint density at radius 3 is 2.85 bits per heavy atom. The molecule has 1 atom stereocenters. The molecule has 1 aromatic carbocycles. The van der Waals surface area contributed by atoms with Gasteiger partial charge in [-0.1, -0.05) is 6.07 Å². The lowest BCUT2D eigenvalue weighted by Gasteiger charge is -2.18. The van der Waals surface area contributed by atoms with Crippen LogP contribution in [-0.2, 0) is 10.0 Å². The van der Waals surface area contributed by atoms with Gasteiger partial charge in [0.05, 0.1) is 7.11 Å². The molecule has 20 heavy (non-hydrogen) atoms. The molecule has 5 nitrogen and oxygen atoms in total. The molecule has 1 heterocycles. The van der Waals surface area contributed by atoms with E-state index in [1.807, 2.05) is 20.0 Å². The van der Waals surface area contributed by atoms with Crippen LogP contribution < -0.4 is 10.1 Å². The Balaban J connectivity index is 2.29. The van der Waals surface area contributed by atoms with E-state index >= 15 is 0 Å². The molecule has 2 rings (SSSR count). The van der Waals surface area contributed by atoms with Crippen LogP contribution in [0.4, 0.5) is 0 Å². The fraction of sp³-hybridized carbons (Fsp3) is 0.571. The van der Waals surface area contributed by atoms with Gasteiger partial charge >= 0.3 is 0 Å². The fourth-order valence-corrected chi connectivity index (χ4v) is 4.37. The molecule has 0 amide bonds. The molecule has 6 heteroatoms. The number of rotatable bonds is 5. The van der Waals surface area contributed by atoms with Crippen LogP contribution in [0.2, 0.25) is 0 Å². The lowest BCUT2D eigenvalue weighted by Crippen LogP contribution is -2.30. The van der Waals surface area contributed by atoms with Crippen LogP contribution in [0.3, 0.4) is 0 Å². The van der Waals surface area contributed by atoms with Crippen molar-refractivity contribution in [3.8, 4) is 5.75 Å². The van der Waals surface area contributed by atoms with Gasteiger partial charge in [-0.05, 0) is 50.6 Å². The summed E-state index contributed by atoms with van der Waals surface area (Å²) in [7, 11) is -0.0875. The summed E-state index contributed by atoms with van der Waals surface area (Å²) in [5, 5.41) is 3.11. The van der Waals surface area contributed by atoms with Crippen molar-refractivity contribution in [3.05, 3.63) is 23.8 Å². The topological polar surface area (TPSA) is 58.6 Å². The van der Waals surface area contributed by atoms with Gasteiger partial charge < -0.3 is 10.1 Å². The summed E-state index contributed by atoms with van der Waals surface area (Å²) < 4.78 is 32.2. The number of hydrogen-bond acceptors (Lipinski definition) is 4. The number of ether oxygens (including phenoxy) is 1. The first-order valence-electron chi connectivity index (χ1n) is 6.78. The minimum absolute atomic E-state index is 0.269. The molecule has 1 N–H and O–H groups in total. The summed E-state index contributed by atoms with van der Waals surface area (Å²) in [6.07, 6.45) is 0.897. The van der Waals surface area contributed by atoms with Crippen LogP contribution >= 0.6 is 0 Å². The molecular formula is C14H22N2O3S. The van der Waals surface area contributed by atoms with Crippen molar-refractivity contribution in [2.45, 2.75) is 18.2 Å². The zero-order chi connectivity index (χ0) is 14.8. The Hall–Kier alpha value is -1.11. The van der Waals surface area contributed by atoms with Crippen molar-refractivity contribution in [3.63, 3.8) is 0 Å². The average molecular weight is 298 g/mol. The van der Waals surface area contributed by atoms with E-state index < -0.39 is 10.0 Å². The van der Waals surface area contributed by atoms with Crippen LogP contribution in [-0.4, -0.2) is 46.5 Å². The quantitative estimate of drug-likeness (QED) is 0.888. The predicted molar refractivity (Wildman–Crippen MR) is 78.5 cm³/mol. The number of nitrogens with one attached hydrogen (secondary N) is 1. The van der Waals surface area contributed by atoms with E-state index in [2.05, 4.69) is 5.32 Å². The highest BCUT2D eigenvalue weighted by Crippen LogP contribution is 2.30. The molecule has 1 aliphatic rings. The number of nitrogens with zero attached hydrogens (tertiary/aromatic N) is 1. The van der Waals surface area contributed by atoms with E-state index in [4.69, 9.17) is 4.74 Å². The van der Waals surface area contributed by atoms with Crippen LogP contribution in [0.25, 0.3) is 0 Å². The molecule has 0 aromatic heterocycles. The van der Waals surface area contributed by atoms with Gasteiger partial charge in [0.2, 0.25) is 10.0 Å². The van der Waals surface area contributed by atoms with Crippen LogP contribution in [0, 0.1) is 12.8 Å². The van der Waals surface area contributed by atoms with Gasteiger partial charge in [0.15, 0.2) is 0 Å². The van der Waals surface area contributed by atoms with Crippen molar-refractivity contribution in [2.75, 3.05) is 33.8 Å². The van der Waals surface area contributed by atoms with E-state index in [0.717, 1.165) is 18.5 Å². The van der Waals surface area contributed by atoms with E-state index in [1.165, 1.54) is 7.11 Å². The predicted octanol–water partition coefficient (Wildman–Crippen LogP) is 1.23. The maximum atomic E-state index is 12.7. The summed E-state index contributed by atoms with van der Waals surface area (Å²) in [4.78, 5) is 0.269. The van der Waals surface area contributed by atoms with Crippen molar-refractivity contribution in [2.24, 2.45) is 5.92 Å². The average Bonchev–Trinajstić information content (AvgIpc) is 2.88. The van der Waals surface area contributed by atoms with E-state index in [0.29, 0.717) is 24.8 Å². The first kappa shape index (κ1) is 15.3. The lowest BCUT2D eigenvalue weighted by molar-refractivity contribution is 0.396. The SMILES string of the molecule is CNC[C@H]1CCN(S(=O)(=O)c2cc(C)ccc2OC)C1. The molecule has 0 bridgehead atoms. The molecular weight excluding hydrogens is 276 g/mol. The van der Waals surface area contributed by atoms with Gasteiger partial charge in [-0.3, -0.25) is 0 Å². The van der Waals surface area contributed by atoms with Crippen LogP contribution in [0.1, 0.15) is 12.0 Å². The van der Waals surface area contributed by atoms with Crippen molar-refractivity contribution >= 4 is 10.0 Å². The Labute approximate surface area is 121 Å². The normalized spacial score (nSPS) is 20.2. The summed E-state index contributed by atoms with van der Waals surface area (Å²) in [5.74, 6) is 0.790. The van der Waals surface area contributed by atoms with Gasteiger partial charge in [0.25, 0.3) is 0 Å². The van der Waals surface area contributed by atoms with E-state index in [9.17, 15) is 8.42 Å². The van der Waals surface area contributed by atoms with Gasteiger partial charge in [-0.15, -0.1) is 0 Å². The third-order valence-corrected chi connectivity index (χ3v) is 5.56. The second-order valence-electron chi connectivity index (χ2n) is 5.23. The number of sulfonamides is 1. The molecule has 1 fully saturated rings.